The van der Waals surface area contributed by atoms with Crippen molar-refractivity contribution >= 4 is 23.5 Å². The third kappa shape index (κ3) is 6.25. The second-order valence-corrected chi connectivity index (χ2v) is 10.5. The summed E-state index contributed by atoms with van der Waals surface area (Å²) in [6.07, 6.45) is 12.0. The van der Waals surface area contributed by atoms with Gasteiger partial charge in [-0.15, -0.1) is 0 Å². The Labute approximate surface area is 237 Å². The first-order valence-corrected chi connectivity index (χ1v) is 13.8. The molecule has 0 aliphatic carbocycles. The first kappa shape index (κ1) is 27.0. The van der Waals surface area contributed by atoms with Gasteiger partial charge in [0.15, 0.2) is 0 Å². The summed E-state index contributed by atoms with van der Waals surface area (Å²) in [4.78, 5) is 26.5. The summed E-state index contributed by atoms with van der Waals surface area (Å²) < 4.78 is 21.0. The van der Waals surface area contributed by atoms with E-state index < -0.39 is 5.60 Å². The highest BCUT2D eigenvalue weighted by atomic mass is 19.1. The summed E-state index contributed by atoms with van der Waals surface area (Å²) in [5.74, 6) is 1.28. The number of benzene rings is 1. The maximum atomic E-state index is 13.3. The van der Waals surface area contributed by atoms with E-state index in [1.807, 2.05) is 10.9 Å². The van der Waals surface area contributed by atoms with Gasteiger partial charge in [-0.2, -0.15) is 10.1 Å². The van der Waals surface area contributed by atoms with E-state index in [1.54, 1.807) is 37.6 Å². The molecule has 3 aromatic heterocycles. The molecule has 4 aromatic rings. The van der Waals surface area contributed by atoms with Gasteiger partial charge in [0, 0.05) is 56.9 Å². The van der Waals surface area contributed by atoms with Gasteiger partial charge in [-0.1, -0.05) is 12.1 Å². The summed E-state index contributed by atoms with van der Waals surface area (Å²) >= 11 is 0. The van der Waals surface area contributed by atoms with Crippen LogP contribution < -0.4 is 15.1 Å². The van der Waals surface area contributed by atoms with E-state index in [-0.39, 0.29) is 11.9 Å². The van der Waals surface area contributed by atoms with Crippen LogP contribution in [0.5, 0.6) is 0 Å². The number of hydrogen-bond acceptors (Lipinski definition) is 11. The lowest BCUT2D eigenvalue weighted by Crippen LogP contribution is -2.47. The second kappa shape index (κ2) is 11.7. The summed E-state index contributed by atoms with van der Waals surface area (Å²) in [5, 5.41) is 18.7. The Morgan fingerprint density at radius 2 is 1.68 bits per heavy atom. The second-order valence-electron chi connectivity index (χ2n) is 10.5. The summed E-state index contributed by atoms with van der Waals surface area (Å²) in [6.45, 7) is 5.92. The predicted molar refractivity (Wildman–Crippen MR) is 150 cm³/mol. The fourth-order valence-electron chi connectivity index (χ4n) is 5.10. The quantitative estimate of drug-likeness (QED) is 0.330. The lowest BCUT2D eigenvalue weighted by atomic mass is 9.90. The van der Waals surface area contributed by atoms with E-state index in [0.717, 1.165) is 31.7 Å². The number of hydrogen-bond donors (Lipinski definition) is 2. The van der Waals surface area contributed by atoms with Gasteiger partial charge >= 0.3 is 0 Å². The molecule has 1 aromatic carbocycles. The van der Waals surface area contributed by atoms with Gasteiger partial charge in [-0.3, -0.25) is 4.68 Å². The average molecular weight is 561 g/mol. The molecule has 0 radical (unpaired) electrons. The van der Waals surface area contributed by atoms with Crippen molar-refractivity contribution in [2.24, 2.45) is 0 Å². The van der Waals surface area contributed by atoms with Crippen LogP contribution in [0.25, 0.3) is 0 Å². The largest absolute Gasteiger partial charge is 0.381 e. The molecular formula is C28H33FN10O2. The minimum absolute atomic E-state index is 0.207. The number of nitrogens with one attached hydrogen (secondary N) is 1. The van der Waals surface area contributed by atoms with Gasteiger partial charge in [0.05, 0.1) is 24.5 Å². The molecule has 0 bridgehead atoms. The SMILES string of the molecule is C[C@@](O)(c1ccc(F)cc1)c1cnc(N2CCN(c3ncnc(Nc4cnn(C[C@@H]5CCCCO5)c4)n3)CC2)nc1. The van der Waals surface area contributed by atoms with Crippen LogP contribution in [0, 0.1) is 5.82 Å². The maximum Gasteiger partial charge on any atom is 0.232 e. The van der Waals surface area contributed by atoms with E-state index in [2.05, 4.69) is 45.1 Å². The number of piperazine rings is 1. The summed E-state index contributed by atoms with van der Waals surface area (Å²) in [5.41, 5.74) is 0.571. The van der Waals surface area contributed by atoms with Gasteiger partial charge in [-0.05, 0) is 43.9 Å². The monoisotopic (exact) mass is 560 g/mol. The molecule has 214 valence electrons. The predicted octanol–water partition coefficient (Wildman–Crippen LogP) is 2.89. The Morgan fingerprint density at radius 1 is 0.951 bits per heavy atom. The van der Waals surface area contributed by atoms with E-state index in [0.29, 0.717) is 55.2 Å². The first-order valence-electron chi connectivity index (χ1n) is 13.8. The third-order valence-corrected chi connectivity index (χ3v) is 7.57. The van der Waals surface area contributed by atoms with Gasteiger partial charge in [-0.25, -0.2) is 24.3 Å². The minimum atomic E-state index is -1.34. The van der Waals surface area contributed by atoms with Crippen LogP contribution in [0.2, 0.25) is 0 Å². The van der Waals surface area contributed by atoms with Crippen molar-refractivity contribution in [3.63, 3.8) is 0 Å². The summed E-state index contributed by atoms with van der Waals surface area (Å²) in [7, 11) is 0. The van der Waals surface area contributed by atoms with Crippen LogP contribution in [0.4, 0.5) is 27.9 Å². The van der Waals surface area contributed by atoms with Crippen molar-refractivity contribution in [3.8, 4) is 0 Å². The number of rotatable bonds is 8. The molecule has 5 heterocycles. The zero-order valence-electron chi connectivity index (χ0n) is 22.9. The van der Waals surface area contributed by atoms with E-state index >= 15 is 0 Å². The van der Waals surface area contributed by atoms with Crippen molar-refractivity contribution in [3.05, 3.63) is 72.3 Å². The van der Waals surface area contributed by atoms with Gasteiger partial charge in [0.2, 0.25) is 17.8 Å². The lowest BCUT2D eigenvalue weighted by Gasteiger charge is -2.34. The van der Waals surface area contributed by atoms with Crippen molar-refractivity contribution < 1.29 is 14.2 Å². The van der Waals surface area contributed by atoms with Gasteiger partial charge in [0.1, 0.15) is 17.7 Å². The molecule has 41 heavy (non-hydrogen) atoms. The van der Waals surface area contributed by atoms with Crippen LogP contribution in [0.3, 0.4) is 0 Å². The molecule has 0 amide bonds. The number of aliphatic hydroxyl groups is 1. The average Bonchev–Trinajstić information content (AvgIpc) is 3.44. The number of nitrogens with zero attached hydrogens (tertiary/aromatic N) is 9. The molecule has 2 atom stereocenters. The topological polar surface area (TPSA) is 130 Å². The molecule has 2 aliphatic rings. The van der Waals surface area contributed by atoms with Crippen LogP contribution in [-0.2, 0) is 16.9 Å². The van der Waals surface area contributed by atoms with Crippen molar-refractivity contribution in [1.82, 2.24) is 34.7 Å². The fourth-order valence-corrected chi connectivity index (χ4v) is 5.10. The molecule has 0 saturated carbocycles. The Hall–Kier alpha value is -4.23. The van der Waals surface area contributed by atoms with Crippen LogP contribution in [0.1, 0.15) is 37.3 Å². The van der Waals surface area contributed by atoms with Gasteiger partial charge < -0.3 is 25.0 Å². The van der Waals surface area contributed by atoms with E-state index in [1.165, 1.54) is 24.9 Å². The molecule has 2 saturated heterocycles. The van der Waals surface area contributed by atoms with Crippen molar-refractivity contribution in [2.75, 3.05) is 47.9 Å². The third-order valence-electron chi connectivity index (χ3n) is 7.57. The molecular weight excluding hydrogens is 527 g/mol. The van der Waals surface area contributed by atoms with Crippen LogP contribution in [0.15, 0.2) is 55.4 Å². The first-order chi connectivity index (χ1) is 19.9. The van der Waals surface area contributed by atoms with E-state index in [4.69, 9.17) is 4.74 Å². The zero-order valence-corrected chi connectivity index (χ0v) is 22.9. The Kier molecular flexibility index (Phi) is 7.70. The Balaban J connectivity index is 1.04. The Morgan fingerprint density at radius 3 is 2.39 bits per heavy atom. The molecule has 12 nitrogen and oxygen atoms in total. The Bertz CT molecular complexity index is 1430. The highest BCUT2D eigenvalue weighted by Crippen LogP contribution is 2.29. The molecule has 6 rings (SSSR count). The number of anilines is 4. The number of halogens is 1. The molecule has 2 aliphatic heterocycles. The van der Waals surface area contributed by atoms with Crippen molar-refractivity contribution in [2.45, 2.75) is 44.4 Å². The summed E-state index contributed by atoms with van der Waals surface area (Å²) in [6, 6.07) is 5.77. The smallest absolute Gasteiger partial charge is 0.232 e. The van der Waals surface area contributed by atoms with Gasteiger partial charge in [0.25, 0.3) is 0 Å². The highest BCUT2D eigenvalue weighted by Gasteiger charge is 2.28. The standard InChI is InChI=1S/C28H33FN10O2/c1-28(40,20-5-7-22(29)8-6-20)21-14-30-26(31-15-21)37-9-11-38(12-10-37)27-33-19-32-25(36-27)35-23-16-34-39(17-23)18-24-4-2-3-13-41-24/h5-8,14-17,19,24,40H,2-4,9-13,18H2,1H3,(H,32,33,35,36)/t24-,28+/m0/s1. The molecule has 13 heteroatoms. The van der Waals surface area contributed by atoms with Crippen LogP contribution in [-0.4, -0.2) is 78.7 Å². The van der Waals surface area contributed by atoms with Crippen LogP contribution >= 0.6 is 0 Å². The highest BCUT2D eigenvalue weighted by molar-refractivity contribution is 5.51. The number of aromatic nitrogens is 7. The maximum absolute atomic E-state index is 13.3. The molecule has 0 unspecified atom stereocenters. The number of ether oxygens (including phenoxy) is 1. The fraction of sp³-hybridized carbons (Fsp3) is 0.429. The molecule has 2 N–H and O–H groups in total. The normalized spacial score (nSPS) is 19.1. The molecule has 2 fully saturated rings. The lowest BCUT2D eigenvalue weighted by molar-refractivity contribution is 0.00400. The zero-order chi connectivity index (χ0) is 28.2. The minimum Gasteiger partial charge on any atom is -0.381 e. The van der Waals surface area contributed by atoms with E-state index in [9.17, 15) is 9.50 Å². The van der Waals surface area contributed by atoms with Crippen molar-refractivity contribution in [1.29, 1.82) is 0 Å². The molecule has 0 spiro atoms.